The van der Waals surface area contributed by atoms with Crippen LogP contribution < -0.4 is 5.43 Å². The van der Waals surface area contributed by atoms with Gasteiger partial charge in [0.05, 0.1) is 20.3 Å². The smallest absolute Gasteiger partial charge is 0.267 e. The molecule has 0 aliphatic carbocycles. The van der Waals surface area contributed by atoms with Crippen LogP contribution in [0.2, 0.25) is 0 Å². The van der Waals surface area contributed by atoms with Gasteiger partial charge in [-0.3, -0.25) is 35.2 Å². The molecule has 0 radical (unpaired) electrons. The molecule has 10 nitrogen and oxygen atoms in total. The maximum Gasteiger partial charge on any atom is 0.285 e. The topological polar surface area (TPSA) is 136 Å². The lowest BCUT2D eigenvalue weighted by Crippen LogP contribution is -2.44. The summed E-state index contributed by atoms with van der Waals surface area (Å²) in [5, 5.41) is 22.7. The van der Waals surface area contributed by atoms with Crippen LogP contribution in [0.25, 0.3) is 6.08 Å². The molecule has 2 aromatic rings. The number of nitro benzene ring substituents is 2. The third-order valence-electron chi connectivity index (χ3n) is 3.77. The first-order chi connectivity index (χ1) is 13.8. The third kappa shape index (κ3) is 4.28. The van der Waals surface area contributed by atoms with Crippen molar-refractivity contribution in [2.45, 2.75) is 0 Å². The van der Waals surface area contributed by atoms with E-state index in [-0.39, 0.29) is 31.7 Å². The Labute approximate surface area is 172 Å². The molecule has 0 saturated carbocycles. The van der Waals surface area contributed by atoms with Crippen LogP contribution in [0.1, 0.15) is 15.9 Å². The SMILES string of the molecule is O=C(NN1C(=O)/C(=C\c2ccccc2[N+](=O)[O-])SC1=S)c1ccc([N+](=O)[O-])cc1. The average molecular weight is 430 g/mol. The van der Waals surface area contributed by atoms with Crippen molar-refractivity contribution in [1.29, 1.82) is 0 Å². The van der Waals surface area contributed by atoms with Crippen LogP contribution in [0, 0.1) is 20.2 Å². The average Bonchev–Trinajstić information content (AvgIpc) is 2.95. The van der Waals surface area contributed by atoms with Gasteiger partial charge in [-0.2, -0.15) is 5.01 Å². The maximum atomic E-state index is 12.6. The zero-order chi connectivity index (χ0) is 21.1. The van der Waals surface area contributed by atoms with E-state index >= 15 is 0 Å². The Kier molecular flexibility index (Phi) is 5.66. The Hall–Kier alpha value is -3.64. The minimum Gasteiger partial charge on any atom is -0.267 e. The summed E-state index contributed by atoms with van der Waals surface area (Å²) >= 11 is 5.99. The summed E-state index contributed by atoms with van der Waals surface area (Å²) in [5.74, 6) is -1.34. The van der Waals surface area contributed by atoms with Crippen LogP contribution >= 0.6 is 24.0 Å². The molecule has 0 atom stereocenters. The van der Waals surface area contributed by atoms with E-state index in [0.29, 0.717) is 0 Å². The van der Waals surface area contributed by atoms with E-state index in [2.05, 4.69) is 5.43 Å². The second-order valence-electron chi connectivity index (χ2n) is 5.58. The van der Waals surface area contributed by atoms with Crippen molar-refractivity contribution in [2.24, 2.45) is 0 Å². The van der Waals surface area contributed by atoms with Crippen LogP contribution in [0.5, 0.6) is 0 Å². The number of thioether (sulfide) groups is 1. The zero-order valence-corrected chi connectivity index (χ0v) is 15.9. The van der Waals surface area contributed by atoms with E-state index in [1.165, 1.54) is 36.4 Å². The number of nitrogens with one attached hydrogen (secondary N) is 1. The van der Waals surface area contributed by atoms with Gasteiger partial charge in [0.1, 0.15) is 0 Å². The molecule has 0 unspecified atom stereocenters. The zero-order valence-electron chi connectivity index (χ0n) is 14.3. The van der Waals surface area contributed by atoms with E-state index in [1.54, 1.807) is 6.07 Å². The van der Waals surface area contributed by atoms with Gasteiger partial charge in [0.25, 0.3) is 23.2 Å². The Balaban J connectivity index is 1.80. The lowest BCUT2D eigenvalue weighted by molar-refractivity contribution is -0.385. The van der Waals surface area contributed by atoms with Crippen molar-refractivity contribution >= 4 is 57.6 Å². The number of hydrogen-bond donors (Lipinski definition) is 1. The Morgan fingerprint density at radius 1 is 1.07 bits per heavy atom. The van der Waals surface area contributed by atoms with Crippen molar-refractivity contribution in [3.8, 4) is 0 Å². The molecule has 2 amide bonds. The number of non-ortho nitro benzene ring substituents is 1. The summed E-state index contributed by atoms with van der Waals surface area (Å²) in [6.07, 6.45) is 1.33. The fourth-order valence-electron chi connectivity index (χ4n) is 2.38. The summed E-state index contributed by atoms with van der Waals surface area (Å²) in [7, 11) is 0. The number of amides is 2. The number of para-hydroxylation sites is 1. The Bertz CT molecular complexity index is 1080. The van der Waals surface area contributed by atoms with E-state index in [9.17, 15) is 29.8 Å². The molecule has 1 heterocycles. The van der Waals surface area contributed by atoms with E-state index < -0.39 is 21.7 Å². The number of carbonyl (C=O) groups excluding carboxylic acids is 2. The molecule has 0 bridgehead atoms. The van der Waals surface area contributed by atoms with Gasteiger partial charge >= 0.3 is 0 Å². The van der Waals surface area contributed by atoms with Gasteiger partial charge < -0.3 is 0 Å². The van der Waals surface area contributed by atoms with Gasteiger partial charge in [-0.15, -0.1) is 0 Å². The van der Waals surface area contributed by atoms with Crippen LogP contribution in [0.4, 0.5) is 11.4 Å². The standard InChI is InChI=1S/C17H10N4O6S2/c22-15(10-5-7-12(8-6-10)20(24)25)18-19-16(23)14(29-17(19)28)9-11-3-1-2-4-13(11)21(26)27/h1-9H,(H,18,22)/b14-9+. The van der Waals surface area contributed by atoms with E-state index in [4.69, 9.17) is 12.2 Å². The summed E-state index contributed by atoms with van der Waals surface area (Å²) in [6, 6.07) is 10.7. The second kappa shape index (κ2) is 8.16. The largest absolute Gasteiger partial charge is 0.285 e. The molecule has 12 heteroatoms. The predicted octanol–water partition coefficient (Wildman–Crippen LogP) is 3.05. The van der Waals surface area contributed by atoms with Crippen molar-refractivity contribution < 1.29 is 19.4 Å². The van der Waals surface area contributed by atoms with Gasteiger partial charge in [0, 0.05) is 23.8 Å². The van der Waals surface area contributed by atoms with Crippen molar-refractivity contribution in [2.75, 3.05) is 0 Å². The second-order valence-corrected chi connectivity index (χ2v) is 7.25. The minimum atomic E-state index is -0.692. The van der Waals surface area contributed by atoms with Gasteiger partial charge in [0.2, 0.25) is 0 Å². The Morgan fingerprint density at radius 2 is 1.72 bits per heavy atom. The van der Waals surface area contributed by atoms with E-state index in [0.717, 1.165) is 28.9 Å². The van der Waals surface area contributed by atoms with Gasteiger partial charge in [0.15, 0.2) is 4.32 Å². The number of carbonyl (C=O) groups is 2. The molecule has 1 fully saturated rings. The summed E-state index contributed by atoms with van der Waals surface area (Å²) in [4.78, 5) is 45.7. The van der Waals surface area contributed by atoms with Crippen molar-refractivity contribution in [3.05, 3.63) is 84.8 Å². The van der Waals surface area contributed by atoms with E-state index in [1.807, 2.05) is 0 Å². The number of hydrazine groups is 1. The molecule has 3 rings (SSSR count). The third-order valence-corrected chi connectivity index (χ3v) is 5.07. The highest BCUT2D eigenvalue weighted by molar-refractivity contribution is 8.26. The summed E-state index contributed by atoms with van der Waals surface area (Å²) < 4.78 is 0.0371. The molecular formula is C17H10N4O6S2. The van der Waals surface area contributed by atoms with Crippen LogP contribution in [0.15, 0.2) is 53.4 Å². The monoisotopic (exact) mass is 430 g/mol. The fraction of sp³-hybridized carbons (Fsp3) is 0. The van der Waals surface area contributed by atoms with Gasteiger partial charge in [-0.1, -0.05) is 23.9 Å². The first-order valence-corrected chi connectivity index (χ1v) is 9.07. The quantitative estimate of drug-likeness (QED) is 0.331. The molecule has 2 aromatic carbocycles. The molecule has 29 heavy (non-hydrogen) atoms. The Morgan fingerprint density at radius 3 is 2.34 bits per heavy atom. The van der Waals surface area contributed by atoms with Crippen molar-refractivity contribution in [1.82, 2.24) is 10.4 Å². The molecule has 0 aromatic heterocycles. The number of nitrogens with zero attached hydrogens (tertiary/aromatic N) is 3. The first kappa shape index (κ1) is 20.1. The summed E-state index contributed by atoms with van der Waals surface area (Å²) in [5.41, 5.74) is 2.29. The lowest BCUT2D eigenvalue weighted by atomic mass is 10.1. The fourth-order valence-corrected chi connectivity index (χ4v) is 3.55. The number of benzene rings is 2. The number of nitro groups is 2. The number of rotatable bonds is 5. The molecule has 1 saturated heterocycles. The molecule has 1 aliphatic rings. The van der Waals surface area contributed by atoms with Crippen LogP contribution in [-0.4, -0.2) is 31.0 Å². The first-order valence-electron chi connectivity index (χ1n) is 7.85. The predicted molar refractivity (Wildman–Crippen MR) is 109 cm³/mol. The molecule has 1 aliphatic heterocycles. The molecule has 146 valence electrons. The van der Waals surface area contributed by atoms with Crippen molar-refractivity contribution in [3.63, 3.8) is 0 Å². The van der Waals surface area contributed by atoms with Gasteiger partial charge in [-0.25, -0.2) is 0 Å². The maximum absolute atomic E-state index is 12.6. The normalized spacial score (nSPS) is 14.9. The van der Waals surface area contributed by atoms with Crippen LogP contribution in [0.3, 0.4) is 0 Å². The van der Waals surface area contributed by atoms with Gasteiger partial charge in [-0.05, 0) is 36.5 Å². The number of thiocarbonyl (C=S) groups is 1. The molecular weight excluding hydrogens is 420 g/mol. The van der Waals surface area contributed by atoms with Crippen LogP contribution in [-0.2, 0) is 4.79 Å². The highest BCUT2D eigenvalue weighted by atomic mass is 32.2. The molecule has 1 N–H and O–H groups in total. The highest BCUT2D eigenvalue weighted by Crippen LogP contribution is 2.33. The minimum absolute atomic E-state index is 0.0371. The lowest BCUT2D eigenvalue weighted by Gasteiger charge is -2.15. The molecule has 0 spiro atoms. The highest BCUT2D eigenvalue weighted by Gasteiger charge is 2.34. The summed E-state index contributed by atoms with van der Waals surface area (Å²) in [6.45, 7) is 0. The number of hydrogen-bond acceptors (Lipinski definition) is 8.